The maximum absolute atomic E-state index is 12.7. The molecule has 0 saturated carbocycles. The quantitative estimate of drug-likeness (QED) is 0.537. The molecule has 0 bridgehead atoms. The topological polar surface area (TPSA) is 96.5 Å². The van der Waals surface area contributed by atoms with E-state index in [0.717, 1.165) is 28.3 Å². The molecule has 3 aromatic rings. The molecule has 0 radical (unpaired) electrons. The van der Waals surface area contributed by atoms with Crippen LogP contribution in [0.15, 0.2) is 81.4 Å². The number of ether oxygens (including phenoxy) is 1. The molecule has 5 rings (SSSR count). The summed E-state index contributed by atoms with van der Waals surface area (Å²) in [5, 5.41) is 9.25. The maximum atomic E-state index is 12.7. The van der Waals surface area contributed by atoms with E-state index in [4.69, 9.17) is 14.3 Å². The predicted molar refractivity (Wildman–Crippen MR) is 136 cm³/mol. The Kier molecular flexibility index (Phi) is 6.41. The SMILES string of the molecule is COc1ccc(C2=NN(C3=NC(=O)[C@@H](CC(=O)Nc4ccc(C)cc4)S3)[C@@H](c3ccco3)C2)cc1. The van der Waals surface area contributed by atoms with E-state index in [1.54, 1.807) is 18.4 Å². The van der Waals surface area contributed by atoms with Gasteiger partial charge in [-0.15, -0.1) is 0 Å². The molecule has 2 atom stereocenters. The average molecular weight is 489 g/mol. The van der Waals surface area contributed by atoms with Gasteiger partial charge in [-0.25, -0.2) is 5.01 Å². The number of aliphatic imine (C=N–C) groups is 1. The number of carbonyl (C=O) groups excluding carboxylic acids is 2. The highest BCUT2D eigenvalue weighted by Crippen LogP contribution is 2.38. The number of hydrogen-bond acceptors (Lipinski definition) is 7. The Balaban J connectivity index is 1.32. The number of furan rings is 1. The van der Waals surface area contributed by atoms with Crippen molar-refractivity contribution in [2.45, 2.75) is 31.1 Å². The summed E-state index contributed by atoms with van der Waals surface area (Å²) in [6.07, 6.45) is 2.23. The van der Waals surface area contributed by atoms with Crippen LogP contribution in [0.2, 0.25) is 0 Å². The van der Waals surface area contributed by atoms with E-state index in [0.29, 0.717) is 17.3 Å². The van der Waals surface area contributed by atoms with Crippen molar-refractivity contribution >= 4 is 40.1 Å². The van der Waals surface area contributed by atoms with E-state index >= 15 is 0 Å². The molecule has 0 saturated heterocycles. The summed E-state index contributed by atoms with van der Waals surface area (Å²) < 4.78 is 10.9. The highest BCUT2D eigenvalue weighted by Gasteiger charge is 2.40. The van der Waals surface area contributed by atoms with E-state index in [2.05, 4.69) is 10.3 Å². The number of nitrogens with one attached hydrogen (secondary N) is 1. The number of hydrogen-bond donors (Lipinski definition) is 1. The van der Waals surface area contributed by atoms with Crippen molar-refractivity contribution in [2.24, 2.45) is 10.1 Å². The number of thioether (sulfide) groups is 1. The Morgan fingerprint density at radius 3 is 2.63 bits per heavy atom. The van der Waals surface area contributed by atoms with Crippen LogP contribution in [-0.4, -0.2) is 40.1 Å². The molecular formula is C26H24N4O4S. The first-order valence-electron chi connectivity index (χ1n) is 11.2. The second kappa shape index (κ2) is 9.79. The number of carbonyl (C=O) groups is 2. The molecule has 2 aromatic carbocycles. The minimum atomic E-state index is -0.604. The Hall–Kier alpha value is -3.85. The largest absolute Gasteiger partial charge is 0.497 e. The number of benzene rings is 2. The van der Waals surface area contributed by atoms with E-state index in [-0.39, 0.29) is 24.3 Å². The molecule has 3 heterocycles. The lowest BCUT2D eigenvalue weighted by atomic mass is 10.0. The Bertz CT molecular complexity index is 1280. The second-order valence-electron chi connectivity index (χ2n) is 8.31. The normalized spacial score (nSPS) is 19.5. The molecule has 2 amide bonds. The molecule has 35 heavy (non-hydrogen) atoms. The summed E-state index contributed by atoms with van der Waals surface area (Å²) in [6.45, 7) is 1.98. The lowest BCUT2D eigenvalue weighted by molar-refractivity contribution is -0.121. The summed E-state index contributed by atoms with van der Waals surface area (Å²) in [5.41, 5.74) is 3.61. The second-order valence-corrected chi connectivity index (χ2v) is 9.48. The fraction of sp³-hybridized carbons (Fsp3) is 0.231. The Labute approximate surface area is 207 Å². The number of hydrazone groups is 1. The minimum Gasteiger partial charge on any atom is -0.497 e. The molecule has 2 aliphatic rings. The zero-order valence-corrected chi connectivity index (χ0v) is 20.1. The van der Waals surface area contributed by atoms with Gasteiger partial charge in [-0.2, -0.15) is 10.1 Å². The van der Waals surface area contributed by atoms with Gasteiger partial charge in [-0.05, 0) is 61.0 Å². The van der Waals surface area contributed by atoms with Gasteiger partial charge in [0.15, 0.2) is 5.17 Å². The summed E-state index contributed by atoms with van der Waals surface area (Å²) >= 11 is 1.26. The first kappa shape index (κ1) is 22.9. The van der Waals surface area contributed by atoms with Crippen LogP contribution in [0.1, 0.15) is 35.8 Å². The molecule has 9 heteroatoms. The van der Waals surface area contributed by atoms with Gasteiger partial charge in [0.2, 0.25) is 5.91 Å². The van der Waals surface area contributed by atoms with Crippen molar-refractivity contribution in [3.05, 3.63) is 83.8 Å². The number of methoxy groups -OCH3 is 1. The van der Waals surface area contributed by atoms with E-state index in [1.165, 1.54) is 11.8 Å². The van der Waals surface area contributed by atoms with Crippen LogP contribution in [0.25, 0.3) is 0 Å². The third kappa shape index (κ3) is 5.00. The van der Waals surface area contributed by atoms with Crippen LogP contribution in [-0.2, 0) is 9.59 Å². The van der Waals surface area contributed by atoms with Gasteiger partial charge in [0.05, 0.1) is 19.1 Å². The van der Waals surface area contributed by atoms with Crippen LogP contribution in [0, 0.1) is 6.92 Å². The van der Waals surface area contributed by atoms with Crippen LogP contribution >= 0.6 is 11.8 Å². The van der Waals surface area contributed by atoms with Crippen LogP contribution in [0.3, 0.4) is 0 Å². The molecule has 2 aliphatic heterocycles. The molecule has 178 valence electrons. The van der Waals surface area contributed by atoms with Gasteiger partial charge in [0.1, 0.15) is 22.8 Å². The number of anilines is 1. The molecular weight excluding hydrogens is 464 g/mol. The standard InChI is InChI=1S/C26H24N4O4S/c1-16-5-9-18(10-6-16)27-24(31)15-23-25(32)28-26(35-23)30-21(22-4-3-13-34-22)14-20(29-30)17-7-11-19(33-2)12-8-17/h3-13,21,23H,14-15H2,1-2H3,(H,27,31)/t21-,23-/m1/s1. The minimum absolute atomic E-state index is 0.0265. The van der Waals surface area contributed by atoms with Gasteiger partial charge >= 0.3 is 0 Å². The molecule has 1 aromatic heterocycles. The van der Waals surface area contributed by atoms with Crippen molar-refractivity contribution in [1.82, 2.24) is 5.01 Å². The highest BCUT2D eigenvalue weighted by atomic mass is 32.2. The maximum Gasteiger partial charge on any atom is 0.262 e. The number of rotatable bonds is 6. The average Bonchev–Trinajstić information content (AvgIpc) is 3.61. The van der Waals surface area contributed by atoms with Crippen LogP contribution in [0.5, 0.6) is 5.75 Å². The third-order valence-corrected chi connectivity index (χ3v) is 6.98. The highest BCUT2D eigenvalue weighted by molar-refractivity contribution is 8.15. The Morgan fingerprint density at radius 2 is 1.94 bits per heavy atom. The number of nitrogens with zero attached hydrogens (tertiary/aromatic N) is 3. The summed E-state index contributed by atoms with van der Waals surface area (Å²) in [5.74, 6) is 0.923. The molecule has 0 spiro atoms. The van der Waals surface area contributed by atoms with Crippen molar-refractivity contribution < 1.29 is 18.7 Å². The predicted octanol–water partition coefficient (Wildman–Crippen LogP) is 4.77. The van der Waals surface area contributed by atoms with Crippen molar-refractivity contribution in [3.8, 4) is 5.75 Å². The third-order valence-electron chi connectivity index (χ3n) is 5.84. The summed E-state index contributed by atoms with van der Waals surface area (Å²) in [6, 6.07) is 18.7. The van der Waals surface area contributed by atoms with Crippen molar-refractivity contribution in [1.29, 1.82) is 0 Å². The smallest absolute Gasteiger partial charge is 0.262 e. The lowest BCUT2D eigenvalue weighted by Crippen LogP contribution is -2.24. The van der Waals surface area contributed by atoms with Crippen LogP contribution in [0.4, 0.5) is 5.69 Å². The fourth-order valence-corrected chi connectivity index (χ4v) is 5.03. The molecule has 0 unspecified atom stereocenters. The monoisotopic (exact) mass is 488 g/mol. The first-order chi connectivity index (χ1) is 17.0. The molecule has 8 nitrogen and oxygen atoms in total. The van der Waals surface area contributed by atoms with Gasteiger partial charge < -0.3 is 14.5 Å². The van der Waals surface area contributed by atoms with Gasteiger partial charge in [-0.3, -0.25) is 9.59 Å². The zero-order valence-electron chi connectivity index (χ0n) is 19.3. The van der Waals surface area contributed by atoms with E-state index < -0.39 is 5.25 Å². The molecule has 0 fully saturated rings. The van der Waals surface area contributed by atoms with E-state index in [1.807, 2.05) is 67.6 Å². The van der Waals surface area contributed by atoms with Crippen molar-refractivity contribution in [2.75, 3.05) is 12.4 Å². The molecule has 1 N–H and O–H groups in total. The molecule has 0 aliphatic carbocycles. The zero-order chi connectivity index (χ0) is 24.4. The lowest BCUT2D eigenvalue weighted by Gasteiger charge is -2.20. The van der Waals surface area contributed by atoms with Gasteiger partial charge in [0.25, 0.3) is 5.91 Å². The summed E-state index contributed by atoms with van der Waals surface area (Å²) in [4.78, 5) is 29.5. The first-order valence-corrected chi connectivity index (χ1v) is 12.1. The van der Waals surface area contributed by atoms with Gasteiger partial charge in [-0.1, -0.05) is 29.5 Å². The van der Waals surface area contributed by atoms with Crippen molar-refractivity contribution in [3.63, 3.8) is 0 Å². The number of aryl methyl sites for hydroxylation is 1. The fourth-order valence-electron chi connectivity index (χ4n) is 3.97. The number of amidine groups is 1. The van der Waals surface area contributed by atoms with Gasteiger partial charge in [0, 0.05) is 18.5 Å². The van der Waals surface area contributed by atoms with E-state index in [9.17, 15) is 9.59 Å². The Morgan fingerprint density at radius 1 is 1.17 bits per heavy atom. The summed E-state index contributed by atoms with van der Waals surface area (Å²) in [7, 11) is 1.63. The van der Waals surface area contributed by atoms with Crippen LogP contribution < -0.4 is 10.1 Å². The number of amides is 2.